The first-order valence-corrected chi connectivity index (χ1v) is 8.92. The predicted octanol–water partition coefficient (Wildman–Crippen LogP) is 4.47. The Kier molecular flexibility index (Phi) is 5.09. The summed E-state index contributed by atoms with van der Waals surface area (Å²) >= 11 is 0. The van der Waals surface area contributed by atoms with Crippen molar-refractivity contribution < 1.29 is 22.7 Å². The molecule has 0 bridgehead atoms. The van der Waals surface area contributed by atoms with E-state index in [-0.39, 0.29) is 24.0 Å². The molecule has 4 rings (SSSR count). The molecule has 0 aliphatic rings. The average molecular weight is 412 g/mol. The number of carbonyl (C=O) groups is 1. The quantitative estimate of drug-likeness (QED) is 0.525. The molecule has 0 aliphatic carbocycles. The van der Waals surface area contributed by atoms with Gasteiger partial charge < -0.3 is 10.1 Å². The van der Waals surface area contributed by atoms with Gasteiger partial charge in [0.25, 0.3) is 5.91 Å². The van der Waals surface area contributed by atoms with Gasteiger partial charge in [0.1, 0.15) is 11.5 Å². The molecule has 1 N–H and O–H groups in total. The molecule has 0 spiro atoms. The molecule has 0 fully saturated rings. The van der Waals surface area contributed by atoms with Crippen molar-refractivity contribution in [2.45, 2.75) is 12.7 Å². The van der Waals surface area contributed by atoms with Crippen LogP contribution in [0.5, 0.6) is 11.5 Å². The fraction of sp³-hybridized carbons (Fsp3) is 0.0952. The third kappa shape index (κ3) is 4.24. The van der Waals surface area contributed by atoms with E-state index in [9.17, 15) is 18.0 Å². The highest BCUT2D eigenvalue weighted by atomic mass is 19.4. The van der Waals surface area contributed by atoms with Crippen LogP contribution in [0.4, 0.5) is 13.2 Å². The zero-order valence-corrected chi connectivity index (χ0v) is 15.4. The predicted molar refractivity (Wildman–Crippen MR) is 102 cm³/mol. The molecule has 2 aromatic carbocycles. The second-order valence-corrected chi connectivity index (χ2v) is 6.38. The van der Waals surface area contributed by atoms with Crippen molar-refractivity contribution in [3.63, 3.8) is 0 Å². The Hall–Kier alpha value is -3.88. The monoisotopic (exact) mass is 412 g/mol. The van der Waals surface area contributed by atoms with Crippen LogP contribution in [0.1, 0.15) is 21.7 Å². The molecule has 0 atom stereocenters. The van der Waals surface area contributed by atoms with Gasteiger partial charge in [-0.3, -0.25) is 9.20 Å². The van der Waals surface area contributed by atoms with Crippen molar-refractivity contribution in [3.05, 3.63) is 89.9 Å². The van der Waals surface area contributed by atoms with Crippen molar-refractivity contribution in [1.82, 2.24) is 19.9 Å². The molecule has 0 radical (unpaired) electrons. The van der Waals surface area contributed by atoms with Crippen molar-refractivity contribution >= 4 is 11.6 Å². The fourth-order valence-corrected chi connectivity index (χ4v) is 2.85. The van der Waals surface area contributed by atoms with Crippen LogP contribution in [0.2, 0.25) is 0 Å². The molecule has 6 nitrogen and oxygen atoms in total. The number of rotatable bonds is 5. The third-order valence-electron chi connectivity index (χ3n) is 4.28. The third-order valence-corrected chi connectivity index (χ3v) is 4.28. The van der Waals surface area contributed by atoms with Gasteiger partial charge in [0.15, 0.2) is 11.5 Å². The van der Waals surface area contributed by atoms with Gasteiger partial charge in [-0.05, 0) is 48.5 Å². The molecule has 2 heterocycles. The van der Waals surface area contributed by atoms with Crippen LogP contribution < -0.4 is 10.1 Å². The first-order chi connectivity index (χ1) is 14.4. The number of carbonyl (C=O) groups excluding carboxylic acids is 1. The standard InChI is InChI=1S/C21H15F3N4O2/c22-21(23,24)15-6-4-8-17(12-15)30-16-7-3-5-14(11-16)20(29)25-13-19-27-26-18-9-1-2-10-28(18)19/h1-12H,13H2,(H,25,29). The lowest BCUT2D eigenvalue weighted by Crippen LogP contribution is -2.24. The van der Waals surface area contributed by atoms with Crippen molar-refractivity contribution in [3.8, 4) is 11.5 Å². The molecule has 0 saturated heterocycles. The van der Waals surface area contributed by atoms with E-state index in [4.69, 9.17) is 4.74 Å². The molecule has 1 amide bonds. The van der Waals surface area contributed by atoms with Crippen LogP contribution in [0.3, 0.4) is 0 Å². The molecule has 0 unspecified atom stereocenters. The Balaban J connectivity index is 1.46. The molecule has 152 valence electrons. The van der Waals surface area contributed by atoms with E-state index in [0.717, 1.165) is 12.1 Å². The van der Waals surface area contributed by atoms with Crippen LogP contribution in [0.25, 0.3) is 5.65 Å². The van der Waals surface area contributed by atoms with Crippen LogP contribution in [-0.2, 0) is 12.7 Å². The van der Waals surface area contributed by atoms with E-state index in [1.165, 1.54) is 18.2 Å². The highest BCUT2D eigenvalue weighted by Gasteiger charge is 2.30. The number of hydrogen-bond acceptors (Lipinski definition) is 4. The normalized spacial score (nSPS) is 11.4. The number of hydrogen-bond donors (Lipinski definition) is 1. The summed E-state index contributed by atoms with van der Waals surface area (Å²) in [4.78, 5) is 12.5. The van der Waals surface area contributed by atoms with Crippen molar-refractivity contribution in [1.29, 1.82) is 0 Å². The van der Waals surface area contributed by atoms with E-state index in [0.29, 0.717) is 17.0 Å². The maximum Gasteiger partial charge on any atom is 0.416 e. The number of amides is 1. The summed E-state index contributed by atoms with van der Waals surface area (Å²) in [5.41, 5.74) is 0.154. The Labute approximate surface area is 168 Å². The SMILES string of the molecule is O=C(NCc1nnc2ccccn12)c1cccc(Oc2cccc(C(F)(F)F)c2)c1. The topological polar surface area (TPSA) is 68.5 Å². The molecule has 0 aliphatic heterocycles. The average Bonchev–Trinajstić information content (AvgIpc) is 3.15. The summed E-state index contributed by atoms with van der Waals surface area (Å²) in [6.07, 6.45) is -2.67. The van der Waals surface area contributed by atoms with Crippen LogP contribution >= 0.6 is 0 Å². The van der Waals surface area contributed by atoms with Gasteiger partial charge >= 0.3 is 6.18 Å². The number of benzene rings is 2. The summed E-state index contributed by atoms with van der Waals surface area (Å²) in [6.45, 7) is 0.155. The maximum absolute atomic E-state index is 12.9. The highest BCUT2D eigenvalue weighted by molar-refractivity contribution is 5.94. The van der Waals surface area contributed by atoms with Crippen molar-refractivity contribution in [2.24, 2.45) is 0 Å². The van der Waals surface area contributed by atoms with E-state index in [2.05, 4.69) is 15.5 Å². The number of ether oxygens (including phenoxy) is 1. The number of aromatic nitrogens is 3. The van der Waals surface area contributed by atoms with Gasteiger partial charge in [0.2, 0.25) is 0 Å². The minimum atomic E-state index is -4.47. The van der Waals surface area contributed by atoms with Gasteiger partial charge in [-0.25, -0.2) is 0 Å². The first kappa shape index (κ1) is 19.4. The molecule has 0 saturated carbocycles. The second-order valence-electron chi connectivity index (χ2n) is 6.38. The summed E-state index contributed by atoms with van der Waals surface area (Å²) < 4.78 is 45.8. The number of nitrogens with one attached hydrogen (secondary N) is 1. The molecule has 9 heteroatoms. The van der Waals surface area contributed by atoms with E-state index in [1.54, 1.807) is 34.9 Å². The maximum atomic E-state index is 12.9. The number of fused-ring (bicyclic) bond motifs is 1. The minimum Gasteiger partial charge on any atom is -0.457 e. The zero-order valence-electron chi connectivity index (χ0n) is 15.4. The molecule has 30 heavy (non-hydrogen) atoms. The number of halogens is 3. The number of alkyl halides is 3. The van der Waals surface area contributed by atoms with Gasteiger partial charge in [0, 0.05) is 11.8 Å². The first-order valence-electron chi connectivity index (χ1n) is 8.92. The second kappa shape index (κ2) is 7.86. The lowest BCUT2D eigenvalue weighted by Gasteiger charge is -2.11. The number of nitrogens with zero attached hydrogens (tertiary/aromatic N) is 3. The van der Waals surface area contributed by atoms with Gasteiger partial charge in [0.05, 0.1) is 12.1 Å². The molecular weight excluding hydrogens is 397 g/mol. The smallest absolute Gasteiger partial charge is 0.416 e. The van der Waals surface area contributed by atoms with Crippen molar-refractivity contribution in [2.75, 3.05) is 0 Å². The Morgan fingerprint density at radius 3 is 2.53 bits per heavy atom. The van der Waals surface area contributed by atoms with E-state index < -0.39 is 11.7 Å². The Morgan fingerprint density at radius 2 is 1.73 bits per heavy atom. The Morgan fingerprint density at radius 1 is 0.967 bits per heavy atom. The molecule has 4 aromatic rings. The summed E-state index contributed by atoms with van der Waals surface area (Å²) in [6, 6.07) is 16.2. The van der Waals surface area contributed by atoms with Gasteiger partial charge in [-0.1, -0.05) is 18.2 Å². The Bertz CT molecular complexity index is 1200. The fourth-order valence-electron chi connectivity index (χ4n) is 2.85. The van der Waals surface area contributed by atoms with Gasteiger partial charge in [-0.2, -0.15) is 13.2 Å². The van der Waals surface area contributed by atoms with E-state index in [1.807, 2.05) is 12.1 Å². The summed E-state index contributed by atoms with van der Waals surface area (Å²) in [5, 5.41) is 10.8. The largest absolute Gasteiger partial charge is 0.457 e. The minimum absolute atomic E-state index is 0.0253. The summed E-state index contributed by atoms with van der Waals surface area (Å²) in [5.74, 6) is 0.458. The highest BCUT2D eigenvalue weighted by Crippen LogP contribution is 2.32. The summed E-state index contributed by atoms with van der Waals surface area (Å²) in [7, 11) is 0. The molecule has 2 aromatic heterocycles. The lowest BCUT2D eigenvalue weighted by atomic mass is 10.2. The van der Waals surface area contributed by atoms with Crippen LogP contribution in [-0.4, -0.2) is 20.5 Å². The number of pyridine rings is 1. The van der Waals surface area contributed by atoms with Crippen LogP contribution in [0.15, 0.2) is 72.9 Å². The van der Waals surface area contributed by atoms with Gasteiger partial charge in [-0.15, -0.1) is 10.2 Å². The lowest BCUT2D eigenvalue weighted by molar-refractivity contribution is -0.137. The van der Waals surface area contributed by atoms with E-state index >= 15 is 0 Å². The molecular formula is C21H15F3N4O2. The zero-order chi connectivity index (χ0) is 21.1. The van der Waals surface area contributed by atoms with Crippen LogP contribution in [0, 0.1) is 0 Å².